The van der Waals surface area contributed by atoms with Crippen molar-refractivity contribution in [3.63, 3.8) is 0 Å². The van der Waals surface area contributed by atoms with Crippen LogP contribution in [0.3, 0.4) is 0 Å². The fourth-order valence-corrected chi connectivity index (χ4v) is 3.23. The first kappa shape index (κ1) is 16.5. The van der Waals surface area contributed by atoms with E-state index in [9.17, 15) is 14.4 Å². The quantitative estimate of drug-likeness (QED) is 0.590. The number of amides is 3. The molecule has 1 aliphatic carbocycles. The van der Waals surface area contributed by atoms with Gasteiger partial charge in [0.05, 0.1) is 0 Å². The summed E-state index contributed by atoms with van der Waals surface area (Å²) in [6, 6.07) is 0. The van der Waals surface area contributed by atoms with E-state index in [1.54, 1.807) is 11.0 Å². The van der Waals surface area contributed by atoms with Crippen molar-refractivity contribution in [1.29, 1.82) is 0 Å². The molecule has 0 aromatic carbocycles. The van der Waals surface area contributed by atoms with Gasteiger partial charge in [0.1, 0.15) is 0 Å². The Kier molecular flexibility index (Phi) is 5.98. The van der Waals surface area contributed by atoms with Crippen LogP contribution in [-0.2, 0) is 14.4 Å². The van der Waals surface area contributed by atoms with Crippen molar-refractivity contribution in [2.45, 2.75) is 25.7 Å². The van der Waals surface area contributed by atoms with E-state index in [2.05, 4.69) is 11.9 Å². The highest BCUT2D eigenvalue weighted by Crippen LogP contribution is 2.30. The van der Waals surface area contributed by atoms with Crippen molar-refractivity contribution in [3.05, 3.63) is 12.7 Å². The Bertz CT molecular complexity index is 422. The highest BCUT2D eigenvalue weighted by atomic mass is 16.2. The molecule has 1 heterocycles. The second-order valence-corrected chi connectivity index (χ2v) is 6.05. The monoisotopic (exact) mass is 307 g/mol. The summed E-state index contributed by atoms with van der Waals surface area (Å²) in [7, 11) is 0. The Morgan fingerprint density at radius 3 is 2.18 bits per heavy atom. The molecule has 1 N–H and O–H groups in total. The molecule has 1 saturated heterocycles. The number of carbonyl (C=O) groups is 3. The third-order valence-electron chi connectivity index (χ3n) is 4.64. The van der Waals surface area contributed by atoms with Crippen LogP contribution in [0.4, 0.5) is 0 Å². The van der Waals surface area contributed by atoms with E-state index in [0.717, 1.165) is 32.1 Å². The number of piperazine rings is 1. The molecule has 6 heteroatoms. The fraction of sp³-hybridized carbons (Fsp3) is 0.688. The van der Waals surface area contributed by atoms with E-state index < -0.39 is 0 Å². The van der Waals surface area contributed by atoms with E-state index in [1.807, 2.05) is 4.90 Å². The van der Waals surface area contributed by atoms with Crippen LogP contribution in [0.5, 0.6) is 0 Å². The predicted octanol–water partition coefficient (Wildman–Crippen LogP) is 0.396. The van der Waals surface area contributed by atoms with Gasteiger partial charge in [-0.1, -0.05) is 6.08 Å². The lowest BCUT2D eigenvalue weighted by Crippen LogP contribution is -2.50. The van der Waals surface area contributed by atoms with Gasteiger partial charge in [0.25, 0.3) is 0 Å². The summed E-state index contributed by atoms with van der Waals surface area (Å²) in [5, 5.41) is 2.83. The van der Waals surface area contributed by atoms with Crippen LogP contribution in [0.25, 0.3) is 0 Å². The van der Waals surface area contributed by atoms with Crippen molar-refractivity contribution in [2.75, 3.05) is 32.7 Å². The molecule has 3 amide bonds. The molecule has 2 rings (SSSR count). The second-order valence-electron chi connectivity index (χ2n) is 6.05. The Balaban J connectivity index is 1.76. The Morgan fingerprint density at radius 1 is 1.05 bits per heavy atom. The zero-order valence-electron chi connectivity index (χ0n) is 13.0. The van der Waals surface area contributed by atoms with Crippen LogP contribution < -0.4 is 5.32 Å². The third-order valence-corrected chi connectivity index (χ3v) is 4.64. The topological polar surface area (TPSA) is 69.7 Å². The molecule has 0 aromatic heterocycles. The first-order chi connectivity index (χ1) is 10.7. The van der Waals surface area contributed by atoms with Crippen LogP contribution in [-0.4, -0.2) is 60.7 Å². The smallest absolute Gasteiger partial charge is 0.225 e. The van der Waals surface area contributed by atoms with Crippen molar-refractivity contribution < 1.29 is 14.4 Å². The highest BCUT2D eigenvalue weighted by Gasteiger charge is 2.32. The number of nitrogens with zero attached hydrogens (tertiary/aromatic N) is 2. The fourth-order valence-electron chi connectivity index (χ4n) is 3.23. The molecule has 6 nitrogen and oxygen atoms in total. The number of nitrogens with one attached hydrogen (secondary N) is 1. The van der Waals surface area contributed by atoms with E-state index >= 15 is 0 Å². The van der Waals surface area contributed by atoms with E-state index in [1.165, 1.54) is 0 Å². The third kappa shape index (κ3) is 4.08. The van der Waals surface area contributed by atoms with Crippen molar-refractivity contribution in [2.24, 2.45) is 11.8 Å². The highest BCUT2D eigenvalue weighted by molar-refractivity contribution is 5.81. The van der Waals surface area contributed by atoms with Gasteiger partial charge < -0.3 is 15.1 Å². The largest absolute Gasteiger partial charge is 0.352 e. The average molecular weight is 307 g/mol. The molecule has 0 radical (unpaired) electrons. The summed E-state index contributed by atoms with van der Waals surface area (Å²) in [5.74, 6) is 0.322. The minimum absolute atomic E-state index is 0.0240. The molecular weight excluding hydrogens is 282 g/mol. The lowest BCUT2D eigenvalue weighted by molar-refractivity contribution is -0.141. The van der Waals surface area contributed by atoms with Crippen molar-refractivity contribution in [3.8, 4) is 0 Å². The SMILES string of the molecule is C=CCNC(=O)C1CCC(C(=O)N2CCN(C=O)CC2)CC1. The predicted molar refractivity (Wildman–Crippen MR) is 82.9 cm³/mol. The lowest BCUT2D eigenvalue weighted by Gasteiger charge is -2.36. The van der Waals surface area contributed by atoms with Crippen LogP contribution in [0.2, 0.25) is 0 Å². The normalized spacial score (nSPS) is 25.5. The number of hydrogen-bond acceptors (Lipinski definition) is 3. The van der Waals surface area contributed by atoms with Crippen LogP contribution in [0.15, 0.2) is 12.7 Å². The van der Waals surface area contributed by atoms with E-state index in [4.69, 9.17) is 0 Å². The van der Waals surface area contributed by atoms with E-state index in [-0.39, 0.29) is 23.7 Å². The van der Waals surface area contributed by atoms with Gasteiger partial charge in [0, 0.05) is 44.6 Å². The van der Waals surface area contributed by atoms with Gasteiger partial charge in [-0.15, -0.1) is 6.58 Å². The average Bonchev–Trinajstić information content (AvgIpc) is 2.59. The van der Waals surface area contributed by atoms with Crippen LogP contribution >= 0.6 is 0 Å². The van der Waals surface area contributed by atoms with Gasteiger partial charge in [-0.2, -0.15) is 0 Å². The molecular formula is C16H25N3O3. The first-order valence-electron chi connectivity index (χ1n) is 8.02. The maximum Gasteiger partial charge on any atom is 0.225 e. The molecule has 0 bridgehead atoms. The molecule has 1 aliphatic heterocycles. The number of carbonyl (C=O) groups excluding carboxylic acids is 3. The molecule has 0 aromatic rings. The van der Waals surface area contributed by atoms with E-state index in [0.29, 0.717) is 32.7 Å². The standard InChI is InChI=1S/C16H25N3O3/c1-2-7-17-15(21)13-3-5-14(6-4-13)16(22)19-10-8-18(12-20)9-11-19/h2,12-14H,1,3-11H2,(H,17,21). The van der Waals surface area contributed by atoms with Gasteiger partial charge in [-0.25, -0.2) is 0 Å². The summed E-state index contributed by atoms with van der Waals surface area (Å²) in [6.45, 7) is 6.57. The molecule has 22 heavy (non-hydrogen) atoms. The minimum Gasteiger partial charge on any atom is -0.352 e. The lowest BCUT2D eigenvalue weighted by atomic mass is 9.81. The summed E-state index contributed by atoms with van der Waals surface area (Å²) >= 11 is 0. The van der Waals surface area contributed by atoms with Gasteiger partial charge in [0.15, 0.2) is 0 Å². The van der Waals surface area contributed by atoms with Gasteiger partial charge in [0.2, 0.25) is 18.2 Å². The van der Waals surface area contributed by atoms with Gasteiger partial charge in [-0.3, -0.25) is 14.4 Å². The van der Waals surface area contributed by atoms with Gasteiger partial charge in [-0.05, 0) is 25.7 Å². The maximum atomic E-state index is 12.5. The second kappa shape index (κ2) is 7.96. The summed E-state index contributed by atoms with van der Waals surface area (Å²) in [6.07, 6.45) is 5.61. The zero-order chi connectivity index (χ0) is 15.9. The van der Waals surface area contributed by atoms with Crippen LogP contribution in [0.1, 0.15) is 25.7 Å². The number of rotatable bonds is 5. The molecule has 0 unspecified atom stereocenters. The number of hydrogen-bond donors (Lipinski definition) is 1. The summed E-state index contributed by atoms with van der Waals surface area (Å²) in [4.78, 5) is 38.7. The zero-order valence-corrected chi connectivity index (χ0v) is 13.0. The molecule has 2 aliphatic rings. The molecule has 2 fully saturated rings. The molecule has 1 saturated carbocycles. The molecule has 122 valence electrons. The Labute approximate surface area is 131 Å². The molecule has 0 spiro atoms. The summed E-state index contributed by atoms with van der Waals surface area (Å²) < 4.78 is 0. The van der Waals surface area contributed by atoms with Crippen molar-refractivity contribution >= 4 is 18.2 Å². The summed E-state index contributed by atoms with van der Waals surface area (Å²) in [5.41, 5.74) is 0. The van der Waals surface area contributed by atoms with Crippen molar-refractivity contribution in [1.82, 2.24) is 15.1 Å². The minimum atomic E-state index is 0.0240. The first-order valence-corrected chi connectivity index (χ1v) is 8.02. The maximum absolute atomic E-state index is 12.5. The van der Waals surface area contributed by atoms with Gasteiger partial charge >= 0.3 is 0 Å². The molecule has 0 atom stereocenters. The Morgan fingerprint density at radius 2 is 1.64 bits per heavy atom. The Hall–Kier alpha value is -1.85. The van der Waals surface area contributed by atoms with Crippen LogP contribution in [0, 0.1) is 11.8 Å².